The van der Waals surface area contributed by atoms with Crippen molar-refractivity contribution in [3.05, 3.63) is 16.1 Å². The van der Waals surface area contributed by atoms with Crippen LogP contribution in [0.15, 0.2) is 5.38 Å². The lowest BCUT2D eigenvalue weighted by molar-refractivity contribution is 0.437. The molecule has 0 amide bonds. The lowest BCUT2D eigenvalue weighted by Gasteiger charge is -2.19. The maximum atomic E-state index is 5.68. The Morgan fingerprint density at radius 2 is 2.13 bits per heavy atom. The van der Waals surface area contributed by atoms with E-state index in [2.05, 4.69) is 5.38 Å². The monoisotopic (exact) mass is 243 g/mol. The van der Waals surface area contributed by atoms with Gasteiger partial charge in [-0.1, -0.05) is 19.3 Å². The van der Waals surface area contributed by atoms with Crippen LogP contribution in [0.4, 0.5) is 0 Å². The third-order valence-electron chi connectivity index (χ3n) is 3.12. The van der Waals surface area contributed by atoms with Gasteiger partial charge < -0.3 is 0 Å². The molecule has 0 spiro atoms. The van der Waals surface area contributed by atoms with Gasteiger partial charge in [0, 0.05) is 23.6 Å². The summed E-state index contributed by atoms with van der Waals surface area (Å²) in [6.45, 7) is 0. The molecule has 2 rings (SSSR count). The number of hydrogen-bond donors (Lipinski definition) is 0. The zero-order valence-corrected chi connectivity index (χ0v) is 10.6. The van der Waals surface area contributed by atoms with Gasteiger partial charge >= 0.3 is 0 Å². The number of hydrogen-bond acceptors (Lipinski definition) is 2. The quantitative estimate of drug-likeness (QED) is 0.716. The van der Waals surface area contributed by atoms with Gasteiger partial charge in [0.15, 0.2) is 0 Å². The van der Waals surface area contributed by atoms with E-state index in [1.165, 1.54) is 42.8 Å². The first kappa shape index (κ1) is 11.4. The topological polar surface area (TPSA) is 12.9 Å². The van der Waals surface area contributed by atoms with Crippen LogP contribution in [0.1, 0.15) is 55.1 Å². The van der Waals surface area contributed by atoms with Crippen molar-refractivity contribution in [1.29, 1.82) is 0 Å². The first-order chi connectivity index (χ1) is 7.40. The van der Waals surface area contributed by atoms with Crippen LogP contribution in [0.5, 0.6) is 0 Å². The second kappa shape index (κ2) is 5.86. The van der Waals surface area contributed by atoms with Gasteiger partial charge in [-0.25, -0.2) is 4.98 Å². The standard InChI is InChI=1S/C12H18ClNS/c13-8-4-7-12-14-11(9-15-12)10-5-2-1-3-6-10/h9-10H,1-8H2. The Bertz CT molecular complexity index is 292. The third-order valence-corrected chi connectivity index (χ3v) is 4.31. The summed E-state index contributed by atoms with van der Waals surface area (Å²) in [4.78, 5) is 4.73. The summed E-state index contributed by atoms with van der Waals surface area (Å²) in [5.41, 5.74) is 1.35. The Balaban J connectivity index is 1.93. The lowest BCUT2D eigenvalue weighted by atomic mass is 9.87. The fraction of sp³-hybridized carbons (Fsp3) is 0.750. The molecule has 1 aromatic rings. The summed E-state index contributed by atoms with van der Waals surface area (Å²) in [7, 11) is 0. The second-order valence-corrected chi connectivity index (χ2v) is 5.61. The molecule has 0 bridgehead atoms. The minimum absolute atomic E-state index is 0.748. The Morgan fingerprint density at radius 1 is 1.33 bits per heavy atom. The Hall–Kier alpha value is -0.0800. The highest BCUT2D eigenvalue weighted by Crippen LogP contribution is 2.33. The Kier molecular flexibility index (Phi) is 4.45. The molecule has 84 valence electrons. The highest BCUT2D eigenvalue weighted by atomic mass is 35.5. The molecule has 1 aliphatic carbocycles. The summed E-state index contributed by atoms with van der Waals surface area (Å²) >= 11 is 7.50. The van der Waals surface area contributed by atoms with Gasteiger partial charge in [-0.3, -0.25) is 0 Å². The minimum atomic E-state index is 0.748. The number of rotatable bonds is 4. The van der Waals surface area contributed by atoms with Crippen molar-refractivity contribution in [1.82, 2.24) is 4.98 Å². The summed E-state index contributed by atoms with van der Waals surface area (Å²) in [6, 6.07) is 0. The van der Waals surface area contributed by atoms with E-state index >= 15 is 0 Å². The van der Waals surface area contributed by atoms with Crippen molar-refractivity contribution < 1.29 is 0 Å². The van der Waals surface area contributed by atoms with E-state index in [0.717, 1.165) is 24.6 Å². The van der Waals surface area contributed by atoms with Crippen molar-refractivity contribution in [3.8, 4) is 0 Å². The van der Waals surface area contributed by atoms with Crippen LogP contribution in [-0.2, 0) is 6.42 Å². The summed E-state index contributed by atoms with van der Waals surface area (Å²) in [5.74, 6) is 1.50. The zero-order chi connectivity index (χ0) is 10.5. The highest BCUT2D eigenvalue weighted by Gasteiger charge is 2.17. The van der Waals surface area contributed by atoms with Crippen LogP contribution in [0.25, 0.3) is 0 Å². The molecule has 3 heteroatoms. The fourth-order valence-corrected chi connectivity index (χ4v) is 3.30. The van der Waals surface area contributed by atoms with Gasteiger partial charge in [0.2, 0.25) is 0 Å². The molecule has 0 saturated heterocycles. The molecule has 0 aromatic carbocycles. The molecule has 15 heavy (non-hydrogen) atoms. The zero-order valence-electron chi connectivity index (χ0n) is 9.04. The van der Waals surface area contributed by atoms with E-state index in [9.17, 15) is 0 Å². The molecule has 1 aliphatic rings. The summed E-state index contributed by atoms with van der Waals surface area (Å²) in [6.07, 6.45) is 9.00. The van der Waals surface area contributed by atoms with Crippen LogP contribution in [0, 0.1) is 0 Å². The van der Waals surface area contributed by atoms with Crippen LogP contribution in [0.3, 0.4) is 0 Å². The van der Waals surface area contributed by atoms with Crippen molar-refractivity contribution >= 4 is 22.9 Å². The largest absolute Gasteiger partial charge is 0.246 e. The van der Waals surface area contributed by atoms with E-state index in [0.29, 0.717) is 0 Å². The van der Waals surface area contributed by atoms with Crippen LogP contribution in [0.2, 0.25) is 0 Å². The van der Waals surface area contributed by atoms with Crippen LogP contribution >= 0.6 is 22.9 Å². The number of thiazole rings is 1. The van der Waals surface area contributed by atoms with Gasteiger partial charge in [0.05, 0.1) is 10.7 Å². The van der Waals surface area contributed by atoms with Gasteiger partial charge in [-0.2, -0.15) is 0 Å². The van der Waals surface area contributed by atoms with Gasteiger partial charge in [-0.15, -0.1) is 22.9 Å². The molecule has 1 heterocycles. The fourth-order valence-electron chi connectivity index (χ4n) is 2.24. The highest BCUT2D eigenvalue weighted by molar-refractivity contribution is 7.09. The summed E-state index contributed by atoms with van der Waals surface area (Å²) in [5, 5.41) is 3.54. The van der Waals surface area contributed by atoms with Crippen molar-refractivity contribution in [2.45, 2.75) is 50.9 Å². The molecule has 1 aromatic heterocycles. The molecule has 1 fully saturated rings. The maximum Gasteiger partial charge on any atom is 0.0928 e. The van der Waals surface area contributed by atoms with E-state index in [-0.39, 0.29) is 0 Å². The molecular weight excluding hydrogens is 226 g/mol. The van der Waals surface area contributed by atoms with Crippen molar-refractivity contribution in [2.75, 3.05) is 5.88 Å². The molecule has 0 atom stereocenters. The average molecular weight is 244 g/mol. The van der Waals surface area contributed by atoms with E-state index in [1.807, 2.05) is 11.3 Å². The first-order valence-electron chi connectivity index (χ1n) is 5.90. The minimum Gasteiger partial charge on any atom is -0.246 e. The summed E-state index contributed by atoms with van der Waals surface area (Å²) < 4.78 is 0. The number of aromatic nitrogens is 1. The number of halogens is 1. The van der Waals surface area contributed by atoms with Crippen molar-refractivity contribution in [3.63, 3.8) is 0 Å². The van der Waals surface area contributed by atoms with Crippen LogP contribution in [-0.4, -0.2) is 10.9 Å². The first-order valence-corrected chi connectivity index (χ1v) is 7.32. The smallest absolute Gasteiger partial charge is 0.0928 e. The van der Waals surface area contributed by atoms with E-state index < -0.39 is 0 Å². The molecule has 0 radical (unpaired) electrons. The number of nitrogens with zero attached hydrogens (tertiary/aromatic N) is 1. The number of alkyl halides is 1. The molecule has 1 saturated carbocycles. The molecular formula is C12H18ClNS. The van der Waals surface area contributed by atoms with Gasteiger partial charge in [-0.05, 0) is 19.3 Å². The Labute approximate surface area is 101 Å². The SMILES string of the molecule is ClCCCc1nc(C2CCCCC2)cs1. The molecule has 0 unspecified atom stereocenters. The second-order valence-electron chi connectivity index (χ2n) is 4.29. The predicted molar refractivity (Wildman–Crippen MR) is 67.0 cm³/mol. The van der Waals surface area contributed by atoms with E-state index in [1.54, 1.807) is 0 Å². The van der Waals surface area contributed by atoms with Crippen LogP contribution < -0.4 is 0 Å². The molecule has 1 nitrogen and oxygen atoms in total. The molecule has 0 N–H and O–H groups in total. The Morgan fingerprint density at radius 3 is 2.87 bits per heavy atom. The lowest BCUT2D eigenvalue weighted by Crippen LogP contribution is -2.04. The van der Waals surface area contributed by atoms with Gasteiger partial charge in [0.25, 0.3) is 0 Å². The van der Waals surface area contributed by atoms with Gasteiger partial charge in [0.1, 0.15) is 0 Å². The third kappa shape index (κ3) is 3.18. The number of aryl methyl sites for hydroxylation is 1. The van der Waals surface area contributed by atoms with E-state index in [4.69, 9.17) is 16.6 Å². The van der Waals surface area contributed by atoms with Crippen molar-refractivity contribution in [2.24, 2.45) is 0 Å². The maximum absolute atomic E-state index is 5.68. The normalized spacial score (nSPS) is 18.2. The predicted octanol–water partition coefficient (Wildman–Crippen LogP) is 4.36. The average Bonchev–Trinajstić information content (AvgIpc) is 2.76. The molecule has 0 aliphatic heterocycles.